The molecule has 1 aromatic rings. The van der Waals surface area contributed by atoms with Crippen molar-refractivity contribution in [3.05, 3.63) is 30.1 Å². The Morgan fingerprint density at radius 2 is 1.90 bits per heavy atom. The maximum absolute atomic E-state index is 13.9. The first-order valence-electron chi connectivity index (χ1n) is 8.06. The van der Waals surface area contributed by atoms with Crippen LogP contribution in [0.2, 0.25) is 0 Å². The fraction of sp³-hybridized carbons (Fsp3) is 0.647. The molecule has 20 heavy (non-hydrogen) atoms. The second kappa shape index (κ2) is 6.57. The van der Waals surface area contributed by atoms with E-state index in [0.29, 0.717) is 6.04 Å². The molecule has 0 radical (unpaired) electrons. The molecule has 1 aliphatic heterocycles. The number of rotatable bonds is 4. The number of hydrogen-bond acceptors (Lipinski definition) is 2. The molecule has 1 unspecified atom stereocenters. The van der Waals surface area contributed by atoms with Crippen LogP contribution in [-0.2, 0) is 0 Å². The van der Waals surface area contributed by atoms with Gasteiger partial charge in [-0.3, -0.25) is 0 Å². The zero-order valence-corrected chi connectivity index (χ0v) is 12.2. The van der Waals surface area contributed by atoms with Crippen LogP contribution >= 0.6 is 0 Å². The predicted octanol–water partition coefficient (Wildman–Crippen LogP) is 3.57. The minimum atomic E-state index is -0.0936. The summed E-state index contributed by atoms with van der Waals surface area (Å²) < 4.78 is 13.9. The van der Waals surface area contributed by atoms with E-state index in [4.69, 9.17) is 0 Å². The van der Waals surface area contributed by atoms with Crippen molar-refractivity contribution in [2.45, 2.75) is 44.6 Å². The van der Waals surface area contributed by atoms with Crippen LogP contribution in [0, 0.1) is 11.7 Å². The average molecular weight is 276 g/mol. The van der Waals surface area contributed by atoms with Gasteiger partial charge in [-0.2, -0.15) is 0 Å². The number of anilines is 1. The highest BCUT2D eigenvalue weighted by atomic mass is 19.1. The maximum Gasteiger partial charge on any atom is 0.146 e. The summed E-state index contributed by atoms with van der Waals surface area (Å²) in [4.78, 5) is 2.20. The summed E-state index contributed by atoms with van der Waals surface area (Å²) in [6.45, 7) is 3.06. The number of nitrogens with zero attached hydrogens (tertiary/aromatic N) is 1. The van der Waals surface area contributed by atoms with E-state index in [-0.39, 0.29) is 5.82 Å². The number of piperidine rings is 1. The average Bonchev–Trinajstić information content (AvgIpc) is 2.99. The molecule has 2 nitrogen and oxygen atoms in total. The number of benzene rings is 1. The molecule has 2 fully saturated rings. The minimum Gasteiger partial charge on any atom is -0.368 e. The molecular formula is C17H25FN2. The first kappa shape index (κ1) is 13.9. The van der Waals surface area contributed by atoms with Crippen LogP contribution < -0.4 is 10.2 Å². The zero-order valence-electron chi connectivity index (χ0n) is 12.2. The third kappa shape index (κ3) is 3.32. The molecule has 3 rings (SSSR count). The van der Waals surface area contributed by atoms with Crippen LogP contribution in [0.15, 0.2) is 24.3 Å². The molecule has 0 aromatic heterocycles. The van der Waals surface area contributed by atoms with E-state index in [2.05, 4.69) is 10.2 Å². The van der Waals surface area contributed by atoms with Gasteiger partial charge in [0.1, 0.15) is 5.82 Å². The second-order valence-corrected chi connectivity index (χ2v) is 6.30. The highest BCUT2D eigenvalue weighted by Crippen LogP contribution is 2.25. The Morgan fingerprint density at radius 3 is 2.70 bits per heavy atom. The SMILES string of the molecule is Fc1ccccc1N1CCCC(NCC2CCCC2)C1. The fourth-order valence-corrected chi connectivity index (χ4v) is 3.62. The quantitative estimate of drug-likeness (QED) is 0.904. The fourth-order valence-electron chi connectivity index (χ4n) is 3.62. The summed E-state index contributed by atoms with van der Waals surface area (Å²) >= 11 is 0. The summed E-state index contributed by atoms with van der Waals surface area (Å²) in [6.07, 6.45) is 7.94. The van der Waals surface area contributed by atoms with Crippen molar-refractivity contribution in [1.82, 2.24) is 5.32 Å². The smallest absolute Gasteiger partial charge is 0.146 e. The number of nitrogens with one attached hydrogen (secondary N) is 1. The largest absolute Gasteiger partial charge is 0.368 e. The molecule has 1 saturated carbocycles. The Morgan fingerprint density at radius 1 is 1.10 bits per heavy atom. The Labute approximate surface area is 121 Å². The van der Waals surface area contributed by atoms with Gasteiger partial charge in [0.15, 0.2) is 0 Å². The lowest BCUT2D eigenvalue weighted by Crippen LogP contribution is -2.47. The van der Waals surface area contributed by atoms with E-state index >= 15 is 0 Å². The highest BCUT2D eigenvalue weighted by Gasteiger charge is 2.23. The van der Waals surface area contributed by atoms with Crippen LogP contribution in [-0.4, -0.2) is 25.7 Å². The van der Waals surface area contributed by atoms with Crippen molar-refractivity contribution in [3.63, 3.8) is 0 Å². The second-order valence-electron chi connectivity index (χ2n) is 6.30. The van der Waals surface area contributed by atoms with Gasteiger partial charge in [0, 0.05) is 19.1 Å². The van der Waals surface area contributed by atoms with E-state index in [0.717, 1.165) is 37.7 Å². The first-order valence-corrected chi connectivity index (χ1v) is 8.06. The van der Waals surface area contributed by atoms with Crippen molar-refractivity contribution in [2.24, 2.45) is 5.92 Å². The standard InChI is InChI=1S/C17H25FN2/c18-16-9-3-4-10-17(16)20-11-5-8-15(13-20)19-12-14-6-1-2-7-14/h3-4,9-10,14-15,19H,1-2,5-8,11-13H2. The van der Waals surface area contributed by atoms with Crippen molar-refractivity contribution in [2.75, 3.05) is 24.5 Å². The molecule has 110 valence electrons. The summed E-state index contributed by atoms with van der Waals surface area (Å²) in [5.41, 5.74) is 0.764. The van der Waals surface area contributed by atoms with Crippen LogP contribution in [0.5, 0.6) is 0 Å². The van der Waals surface area contributed by atoms with Crippen molar-refractivity contribution < 1.29 is 4.39 Å². The highest BCUT2D eigenvalue weighted by molar-refractivity contribution is 5.48. The van der Waals surface area contributed by atoms with Gasteiger partial charge in [0.05, 0.1) is 5.69 Å². The molecule has 2 aliphatic rings. The van der Waals surface area contributed by atoms with Gasteiger partial charge >= 0.3 is 0 Å². The number of halogens is 1. The van der Waals surface area contributed by atoms with Gasteiger partial charge in [0.2, 0.25) is 0 Å². The van der Waals surface area contributed by atoms with Crippen LogP contribution in [0.4, 0.5) is 10.1 Å². The van der Waals surface area contributed by atoms with Gasteiger partial charge in [-0.15, -0.1) is 0 Å². The molecule has 1 saturated heterocycles. The zero-order chi connectivity index (χ0) is 13.8. The van der Waals surface area contributed by atoms with Crippen molar-refractivity contribution >= 4 is 5.69 Å². The van der Waals surface area contributed by atoms with E-state index in [1.807, 2.05) is 12.1 Å². The molecule has 0 bridgehead atoms. The van der Waals surface area contributed by atoms with Crippen molar-refractivity contribution in [3.8, 4) is 0 Å². The maximum atomic E-state index is 13.9. The van der Waals surface area contributed by atoms with Crippen LogP contribution in [0.3, 0.4) is 0 Å². The Balaban J connectivity index is 1.54. The monoisotopic (exact) mass is 276 g/mol. The number of hydrogen-bond donors (Lipinski definition) is 1. The topological polar surface area (TPSA) is 15.3 Å². The molecule has 0 spiro atoms. The van der Waals surface area contributed by atoms with E-state index in [1.54, 1.807) is 12.1 Å². The summed E-state index contributed by atoms with van der Waals surface area (Å²) in [5, 5.41) is 3.72. The molecule has 1 aromatic carbocycles. The molecular weight excluding hydrogens is 251 g/mol. The number of para-hydroxylation sites is 1. The molecule has 1 N–H and O–H groups in total. The molecule has 0 amide bonds. The van der Waals surface area contributed by atoms with Crippen LogP contribution in [0.1, 0.15) is 38.5 Å². The lowest BCUT2D eigenvalue weighted by Gasteiger charge is -2.35. The predicted molar refractivity (Wildman–Crippen MR) is 81.6 cm³/mol. The summed E-state index contributed by atoms with van der Waals surface area (Å²) in [5.74, 6) is 0.780. The molecule has 1 heterocycles. The molecule has 3 heteroatoms. The van der Waals surface area contributed by atoms with E-state index in [1.165, 1.54) is 32.1 Å². The van der Waals surface area contributed by atoms with Gasteiger partial charge < -0.3 is 10.2 Å². The Kier molecular flexibility index (Phi) is 4.56. The third-order valence-electron chi connectivity index (χ3n) is 4.78. The molecule has 1 atom stereocenters. The van der Waals surface area contributed by atoms with E-state index in [9.17, 15) is 4.39 Å². The lowest BCUT2D eigenvalue weighted by molar-refractivity contribution is 0.382. The van der Waals surface area contributed by atoms with Gasteiger partial charge in [-0.1, -0.05) is 25.0 Å². The lowest BCUT2D eigenvalue weighted by atomic mass is 10.0. The Hall–Kier alpha value is -1.09. The summed E-state index contributed by atoms with van der Waals surface area (Å²) in [6, 6.07) is 7.66. The summed E-state index contributed by atoms with van der Waals surface area (Å²) in [7, 11) is 0. The van der Waals surface area contributed by atoms with E-state index < -0.39 is 0 Å². The van der Waals surface area contributed by atoms with Crippen LogP contribution in [0.25, 0.3) is 0 Å². The van der Waals surface area contributed by atoms with Gasteiger partial charge in [-0.25, -0.2) is 4.39 Å². The van der Waals surface area contributed by atoms with Gasteiger partial charge in [0.25, 0.3) is 0 Å². The third-order valence-corrected chi connectivity index (χ3v) is 4.78. The first-order chi connectivity index (χ1) is 9.83. The molecule has 1 aliphatic carbocycles. The van der Waals surface area contributed by atoms with Gasteiger partial charge in [-0.05, 0) is 50.3 Å². The normalized spacial score (nSPS) is 24.2. The van der Waals surface area contributed by atoms with Crippen molar-refractivity contribution in [1.29, 1.82) is 0 Å². The Bertz CT molecular complexity index is 429. The minimum absolute atomic E-state index is 0.0936.